The van der Waals surface area contributed by atoms with E-state index in [4.69, 9.17) is 4.74 Å². The van der Waals surface area contributed by atoms with Crippen molar-refractivity contribution in [1.82, 2.24) is 0 Å². The third-order valence-corrected chi connectivity index (χ3v) is 4.02. The summed E-state index contributed by atoms with van der Waals surface area (Å²) in [4.78, 5) is 14.7. The van der Waals surface area contributed by atoms with Gasteiger partial charge in [0.1, 0.15) is 5.75 Å². The fraction of sp³-hybridized carbons (Fsp3) is 0.462. The summed E-state index contributed by atoms with van der Waals surface area (Å²) in [5.41, 5.74) is 0.673. The summed E-state index contributed by atoms with van der Waals surface area (Å²) >= 11 is 3.53. The number of aliphatic imine (C=N–C) groups is 1. The van der Waals surface area contributed by atoms with Gasteiger partial charge in [-0.25, -0.2) is 4.79 Å². The molecule has 1 fully saturated rings. The van der Waals surface area contributed by atoms with Gasteiger partial charge in [-0.15, -0.1) is 0 Å². The highest BCUT2D eigenvalue weighted by Gasteiger charge is 2.37. The SMILES string of the molecule is COc1ccc(C2(N=C=O)CCCC2)c(Br)c1. The predicted octanol–water partition coefficient (Wildman–Crippen LogP) is 3.56. The molecule has 1 aliphatic rings. The van der Waals surface area contributed by atoms with E-state index in [9.17, 15) is 4.79 Å². The molecule has 0 amide bonds. The molecule has 0 atom stereocenters. The molecule has 1 aromatic rings. The molecule has 0 bridgehead atoms. The van der Waals surface area contributed by atoms with E-state index >= 15 is 0 Å². The van der Waals surface area contributed by atoms with Crippen molar-refractivity contribution in [2.24, 2.45) is 4.99 Å². The molecule has 0 aromatic heterocycles. The summed E-state index contributed by atoms with van der Waals surface area (Å²) in [5.74, 6) is 0.795. The van der Waals surface area contributed by atoms with Crippen molar-refractivity contribution >= 4 is 22.0 Å². The monoisotopic (exact) mass is 295 g/mol. The Hall–Kier alpha value is -1.12. The highest BCUT2D eigenvalue weighted by Crippen LogP contribution is 2.45. The van der Waals surface area contributed by atoms with Crippen LogP contribution >= 0.6 is 15.9 Å². The van der Waals surface area contributed by atoms with E-state index in [1.54, 1.807) is 13.2 Å². The Morgan fingerprint density at radius 2 is 2.12 bits per heavy atom. The summed E-state index contributed by atoms with van der Waals surface area (Å²) in [6, 6.07) is 5.80. The van der Waals surface area contributed by atoms with E-state index in [0.717, 1.165) is 41.5 Å². The number of rotatable bonds is 3. The second kappa shape index (κ2) is 5.03. The lowest BCUT2D eigenvalue weighted by Gasteiger charge is -2.24. The lowest BCUT2D eigenvalue weighted by atomic mass is 9.89. The summed E-state index contributed by atoms with van der Waals surface area (Å²) in [6.07, 6.45) is 5.75. The number of carbonyl (C=O) groups excluding carboxylic acids is 1. The standard InChI is InChI=1S/C13H14BrNO2/c1-17-10-4-5-11(12(14)8-10)13(15-9-16)6-2-3-7-13/h4-5,8H,2-3,6-7H2,1H3. The zero-order valence-electron chi connectivity index (χ0n) is 9.70. The Kier molecular flexibility index (Phi) is 3.65. The molecule has 1 aromatic carbocycles. The molecule has 0 N–H and O–H groups in total. The van der Waals surface area contributed by atoms with Gasteiger partial charge < -0.3 is 4.74 Å². The first-order valence-electron chi connectivity index (χ1n) is 5.65. The second-order valence-corrected chi connectivity index (χ2v) is 5.14. The molecule has 0 spiro atoms. The molecule has 1 aliphatic carbocycles. The summed E-state index contributed by atoms with van der Waals surface area (Å²) in [6.45, 7) is 0. The highest BCUT2D eigenvalue weighted by atomic mass is 79.9. The Labute approximate surface area is 109 Å². The zero-order valence-corrected chi connectivity index (χ0v) is 11.3. The largest absolute Gasteiger partial charge is 0.497 e. The van der Waals surface area contributed by atoms with E-state index in [0.29, 0.717) is 0 Å². The fourth-order valence-corrected chi connectivity index (χ4v) is 3.22. The van der Waals surface area contributed by atoms with E-state index in [-0.39, 0.29) is 5.54 Å². The lowest BCUT2D eigenvalue weighted by Crippen LogP contribution is -2.19. The van der Waals surface area contributed by atoms with Crippen LogP contribution in [0.1, 0.15) is 31.2 Å². The molecule has 2 rings (SSSR count). The normalized spacial score (nSPS) is 17.5. The molecule has 0 heterocycles. The molecule has 0 unspecified atom stereocenters. The van der Waals surface area contributed by atoms with Crippen LogP contribution in [0, 0.1) is 0 Å². The first kappa shape index (κ1) is 12.3. The number of hydrogen-bond acceptors (Lipinski definition) is 3. The number of nitrogens with zero attached hydrogens (tertiary/aromatic N) is 1. The molecule has 3 nitrogen and oxygen atoms in total. The molecule has 4 heteroatoms. The third kappa shape index (κ3) is 2.28. The number of methoxy groups -OCH3 is 1. The van der Waals surface area contributed by atoms with Gasteiger partial charge in [0.05, 0.1) is 12.6 Å². The third-order valence-electron chi connectivity index (χ3n) is 3.37. The molecule has 0 aliphatic heterocycles. The van der Waals surface area contributed by atoms with Gasteiger partial charge in [0, 0.05) is 4.47 Å². The second-order valence-electron chi connectivity index (χ2n) is 4.29. The predicted molar refractivity (Wildman–Crippen MR) is 69.0 cm³/mol. The average Bonchev–Trinajstić information content (AvgIpc) is 2.79. The molecular weight excluding hydrogens is 282 g/mol. The number of hydrogen-bond donors (Lipinski definition) is 0. The highest BCUT2D eigenvalue weighted by molar-refractivity contribution is 9.10. The van der Waals surface area contributed by atoms with Gasteiger partial charge in [-0.05, 0) is 30.5 Å². The van der Waals surface area contributed by atoms with Gasteiger partial charge in [0.15, 0.2) is 0 Å². The molecular formula is C13H14BrNO2. The Balaban J connectivity index is 2.47. The van der Waals surface area contributed by atoms with Crippen molar-refractivity contribution in [3.05, 3.63) is 28.2 Å². The van der Waals surface area contributed by atoms with Crippen LogP contribution in [0.15, 0.2) is 27.7 Å². The summed E-state index contributed by atoms with van der Waals surface area (Å²) in [7, 11) is 1.64. The zero-order chi connectivity index (χ0) is 12.3. The minimum Gasteiger partial charge on any atom is -0.497 e. The van der Waals surface area contributed by atoms with Crippen molar-refractivity contribution in [2.45, 2.75) is 31.2 Å². The van der Waals surface area contributed by atoms with Gasteiger partial charge in [-0.2, -0.15) is 4.99 Å². The summed E-state index contributed by atoms with van der Waals surface area (Å²) in [5, 5.41) is 0. The van der Waals surface area contributed by atoms with Crippen molar-refractivity contribution in [3.63, 3.8) is 0 Å². The lowest BCUT2D eigenvalue weighted by molar-refractivity contribution is 0.412. The van der Waals surface area contributed by atoms with E-state index < -0.39 is 0 Å². The average molecular weight is 296 g/mol. The number of benzene rings is 1. The topological polar surface area (TPSA) is 38.7 Å². The molecule has 1 saturated carbocycles. The first-order chi connectivity index (χ1) is 8.22. The minimum atomic E-state index is -0.382. The molecule has 17 heavy (non-hydrogen) atoms. The van der Waals surface area contributed by atoms with Crippen molar-refractivity contribution in [3.8, 4) is 5.75 Å². The smallest absolute Gasteiger partial charge is 0.235 e. The van der Waals surface area contributed by atoms with Crippen LogP contribution in [0.4, 0.5) is 0 Å². The van der Waals surface area contributed by atoms with Crippen LogP contribution in [0.5, 0.6) is 5.75 Å². The number of isocyanates is 1. The number of ether oxygens (including phenoxy) is 1. The van der Waals surface area contributed by atoms with Crippen molar-refractivity contribution in [2.75, 3.05) is 7.11 Å². The first-order valence-corrected chi connectivity index (χ1v) is 6.44. The quantitative estimate of drug-likeness (QED) is 0.632. The molecule has 90 valence electrons. The van der Waals surface area contributed by atoms with Crippen LogP contribution in [0.2, 0.25) is 0 Å². The maximum Gasteiger partial charge on any atom is 0.235 e. The van der Waals surface area contributed by atoms with Crippen LogP contribution in [0.25, 0.3) is 0 Å². The van der Waals surface area contributed by atoms with Crippen molar-refractivity contribution < 1.29 is 9.53 Å². The molecule has 0 radical (unpaired) electrons. The Morgan fingerprint density at radius 3 is 2.65 bits per heavy atom. The van der Waals surface area contributed by atoms with E-state index in [2.05, 4.69) is 20.9 Å². The van der Waals surface area contributed by atoms with Gasteiger partial charge >= 0.3 is 0 Å². The maximum absolute atomic E-state index is 10.6. The Bertz CT molecular complexity index is 460. The van der Waals surface area contributed by atoms with Gasteiger partial charge in [-0.1, -0.05) is 34.8 Å². The maximum atomic E-state index is 10.6. The van der Waals surface area contributed by atoms with Gasteiger partial charge in [0.25, 0.3) is 0 Å². The van der Waals surface area contributed by atoms with Gasteiger partial charge in [-0.3, -0.25) is 0 Å². The van der Waals surface area contributed by atoms with E-state index in [1.807, 2.05) is 18.2 Å². The fourth-order valence-electron chi connectivity index (χ4n) is 2.49. The van der Waals surface area contributed by atoms with Crippen molar-refractivity contribution in [1.29, 1.82) is 0 Å². The van der Waals surface area contributed by atoms with Crippen LogP contribution in [0.3, 0.4) is 0 Å². The minimum absolute atomic E-state index is 0.382. The van der Waals surface area contributed by atoms with Crippen LogP contribution < -0.4 is 4.74 Å². The molecule has 0 saturated heterocycles. The number of halogens is 1. The van der Waals surface area contributed by atoms with E-state index in [1.165, 1.54) is 0 Å². The summed E-state index contributed by atoms with van der Waals surface area (Å²) < 4.78 is 6.11. The van der Waals surface area contributed by atoms with Crippen LogP contribution in [-0.4, -0.2) is 13.2 Å². The Morgan fingerprint density at radius 1 is 1.41 bits per heavy atom. The van der Waals surface area contributed by atoms with Crippen LogP contribution in [-0.2, 0) is 10.3 Å². The van der Waals surface area contributed by atoms with Gasteiger partial charge in [0.2, 0.25) is 6.08 Å².